The van der Waals surface area contributed by atoms with Crippen LogP contribution in [0.3, 0.4) is 0 Å². The zero-order valence-corrected chi connectivity index (χ0v) is 7.15. The van der Waals surface area contributed by atoms with E-state index < -0.39 is 0 Å². The molecule has 0 radical (unpaired) electrons. The predicted octanol–water partition coefficient (Wildman–Crippen LogP) is 1.45. The third-order valence-electron chi connectivity index (χ3n) is 2.32. The van der Waals surface area contributed by atoms with Gasteiger partial charge in [-0.15, -0.1) is 0 Å². The molecule has 4 nitrogen and oxygen atoms in total. The molecule has 0 fully saturated rings. The van der Waals surface area contributed by atoms with Crippen LogP contribution >= 0.6 is 0 Å². The number of nitrogens with one attached hydrogen (secondary N) is 1. The molecule has 0 saturated heterocycles. The highest BCUT2D eigenvalue weighted by Gasteiger charge is 2.05. The first-order valence-electron chi connectivity index (χ1n) is 4.10. The number of nitrogens with zero attached hydrogens (tertiary/aromatic N) is 3. The maximum Gasteiger partial charge on any atom is 0.0789 e. The lowest BCUT2D eigenvalue weighted by Crippen LogP contribution is -1.88. The smallest absolute Gasteiger partial charge is 0.0789 e. The summed E-state index contributed by atoms with van der Waals surface area (Å²) in [5, 5.41) is 13.4. The maximum absolute atomic E-state index is 4.20. The number of aryl methyl sites for hydroxylation is 1. The van der Waals surface area contributed by atoms with Crippen molar-refractivity contribution in [2.45, 2.75) is 0 Å². The van der Waals surface area contributed by atoms with Crippen molar-refractivity contribution in [3.05, 3.63) is 24.5 Å². The zero-order chi connectivity index (χ0) is 8.84. The van der Waals surface area contributed by atoms with E-state index in [9.17, 15) is 0 Å². The second kappa shape index (κ2) is 2.10. The number of fused-ring (bicyclic) bond motifs is 3. The first kappa shape index (κ1) is 6.65. The third-order valence-corrected chi connectivity index (χ3v) is 2.32. The average molecular weight is 172 g/mol. The lowest BCUT2D eigenvalue weighted by Gasteiger charge is -1.94. The van der Waals surface area contributed by atoms with E-state index in [4.69, 9.17) is 0 Å². The Hall–Kier alpha value is -1.84. The molecule has 2 heterocycles. The lowest BCUT2D eigenvalue weighted by molar-refractivity contribution is 0.799. The van der Waals surface area contributed by atoms with E-state index in [1.807, 2.05) is 36.3 Å². The molecule has 0 atom stereocenters. The van der Waals surface area contributed by atoms with Crippen molar-refractivity contribution in [1.82, 2.24) is 20.0 Å². The number of hydrogen-bond donors (Lipinski definition) is 1. The summed E-state index contributed by atoms with van der Waals surface area (Å²) in [7, 11) is 1.94. The fourth-order valence-corrected chi connectivity index (χ4v) is 1.69. The summed E-state index contributed by atoms with van der Waals surface area (Å²) >= 11 is 0. The van der Waals surface area contributed by atoms with Gasteiger partial charge in [0.15, 0.2) is 0 Å². The van der Waals surface area contributed by atoms with Crippen LogP contribution in [0.25, 0.3) is 21.8 Å². The Morgan fingerprint density at radius 1 is 1.31 bits per heavy atom. The Morgan fingerprint density at radius 3 is 3.15 bits per heavy atom. The quantitative estimate of drug-likeness (QED) is 0.557. The van der Waals surface area contributed by atoms with Gasteiger partial charge < -0.3 is 0 Å². The molecule has 0 spiro atoms. The van der Waals surface area contributed by atoms with Crippen LogP contribution in [0.1, 0.15) is 0 Å². The first-order chi connectivity index (χ1) is 6.36. The van der Waals surface area contributed by atoms with Gasteiger partial charge in [0.25, 0.3) is 0 Å². The second-order valence-corrected chi connectivity index (χ2v) is 3.10. The monoisotopic (exact) mass is 172 g/mol. The number of aromatic nitrogens is 4. The molecule has 3 rings (SSSR count). The summed E-state index contributed by atoms with van der Waals surface area (Å²) in [6.45, 7) is 0. The van der Waals surface area contributed by atoms with Crippen molar-refractivity contribution in [3.8, 4) is 0 Å². The van der Waals surface area contributed by atoms with Gasteiger partial charge in [0.2, 0.25) is 0 Å². The summed E-state index contributed by atoms with van der Waals surface area (Å²) in [5.74, 6) is 0. The highest BCUT2D eigenvalue weighted by atomic mass is 15.2. The van der Waals surface area contributed by atoms with Gasteiger partial charge in [-0.3, -0.25) is 9.78 Å². The molecule has 64 valence electrons. The van der Waals surface area contributed by atoms with Crippen molar-refractivity contribution in [3.63, 3.8) is 0 Å². The number of H-pyrrole nitrogens is 1. The second-order valence-electron chi connectivity index (χ2n) is 3.10. The molecule has 13 heavy (non-hydrogen) atoms. The molecule has 0 aliphatic heterocycles. The van der Waals surface area contributed by atoms with Crippen LogP contribution in [0.4, 0.5) is 0 Å². The molecule has 0 saturated carbocycles. The number of aromatic amines is 1. The molecule has 0 aliphatic rings. The van der Waals surface area contributed by atoms with E-state index >= 15 is 0 Å². The van der Waals surface area contributed by atoms with Crippen LogP contribution < -0.4 is 0 Å². The topological polar surface area (TPSA) is 46.5 Å². The number of benzene rings is 1. The standard InChI is InChI=1S/C9H8N4/c1-13-9-6(4-11-13)2-3-8-7(9)5-10-12-8/h2-5H,1H3,(H,10,12). The van der Waals surface area contributed by atoms with Gasteiger partial charge in [-0.25, -0.2) is 0 Å². The summed E-state index contributed by atoms with van der Waals surface area (Å²) in [4.78, 5) is 0. The third kappa shape index (κ3) is 0.744. The highest BCUT2D eigenvalue weighted by molar-refractivity contribution is 6.03. The molecule has 3 aromatic rings. The Balaban J connectivity index is 2.70. The molecule has 1 aromatic carbocycles. The van der Waals surface area contributed by atoms with Gasteiger partial charge >= 0.3 is 0 Å². The zero-order valence-electron chi connectivity index (χ0n) is 7.15. The number of hydrogen-bond acceptors (Lipinski definition) is 2. The molecular formula is C9H8N4. The molecule has 0 amide bonds. The van der Waals surface area contributed by atoms with Crippen molar-refractivity contribution in [2.75, 3.05) is 0 Å². The van der Waals surface area contributed by atoms with Crippen molar-refractivity contribution >= 4 is 21.8 Å². The van der Waals surface area contributed by atoms with Crippen molar-refractivity contribution in [1.29, 1.82) is 0 Å². The Labute approximate surface area is 74.2 Å². The van der Waals surface area contributed by atoms with E-state index in [0.29, 0.717) is 0 Å². The maximum atomic E-state index is 4.20. The van der Waals surface area contributed by atoms with Crippen LogP contribution in [0.2, 0.25) is 0 Å². The van der Waals surface area contributed by atoms with E-state index in [2.05, 4.69) is 15.3 Å². The normalized spacial score (nSPS) is 11.5. The van der Waals surface area contributed by atoms with Gasteiger partial charge in [-0.1, -0.05) is 0 Å². The van der Waals surface area contributed by atoms with Gasteiger partial charge in [-0.2, -0.15) is 10.2 Å². The van der Waals surface area contributed by atoms with Crippen LogP contribution in [-0.2, 0) is 7.05 Å². The molecule has 4 heteroatoms. The molecule has 1 N–H and O–H groups in total. The van der Waals surface area contributed by atoms with E-state index in [-0.39, 0.29) is 0 Å². The average Bonchev–Trinajstić information content (AvgIpc) is 2.70. The largest absolute Gasteiger partial charge is 0.278 e. The van der Waals surface area contributed by atoms with E-state index in [1.54, 1.807) is 0 Å². The summed E-state index contributed by atoms with van der Waals surface area (Å²) in [5.41, 5.74) is 2.18. The predicted molar refractivity (Wildman–Crippen MR) is 50.4 cm³/mol. The van der Waals surface area contributed by atoms with Crippen molar-refractivity contribution < 1.29 is 0 Å². The number of rotatable bonds is 0. The van der Waals surface area contributed by atoms with Crippen LogP contribution in [0.5, 0.6) is 0 Å². The van der Waals surface area contributed by atoms with Crippen LogP contribution in [0, 0.1) is 0 Å². The fourth-order valence-electron chi connectivity index (χ4n) is 1.69. The van der Waals surface area contributed by atoms with Crippen molar-refractivity contribution in [2.24, 2.45) is 7.05 Å². The molecule has 0 aliphatic carbocycles. The summed E-state index contributed by atoms with van der Waals surface area (Å²) in [6.07, 6.45) is 3.70. The van der Waals surface area contributed by atoms with Crippen LogP contribution in [0.15, 0.2) is 24.5 Å². The Morgan fingerprint density at radius 2 is 2.23 bits per heavy atom. The lowest BCUT2D eigenvalue weighted by atomic mass is 10.2. The van der Waals surface area contributed by atoms with Gasteiger partial charge in [0.05, 0.1) is 23.4 Å². The van der Waals surface area contributed by atoms with Gasteiger partial charge in [0.1, 0.15) is 0 Å². The summed E-state index contributed by atoms with van der Waals surface area (Å²) < 4.78 is 1.87. The Bertz CT molecular complexity index is 575. The first-order valence-corrected chi connectivity index (χ1v) is 4.10. The minimum absolute atomic E-state index is 1.05. The molecule has 0 unspecified atom stereocenters. The Kier molecular flexibility index (Phi) is 1.07. The van der Waals surface area contributed by atoms with E-state index in [1.165, 1.54) is 0 Å². The SMILES string of the molecule is Cn1ncc2ccc3[nH]ncc3c21. The van der Waals surface area contributed by atoms with Crippen LogP contribution in [-0.4, -0.2) is 20.0 Å². The fraction of sp³-hybridized carbons (Fsp3) is 0.111. The highest BCUT2D eigenvalue weighted by Crippen LogP contribution is 2.22. The van der Waals surface area contributed by atoms with E-state index in [0.717, 1.165) is 21.8 Å². The minimum atomic E-state index is 1.05. The molecular weight excluding hydrogens is 164 g/mol. The molecule has 0 bridgehead atoms. The minimum Gasteiger partial charge on any atom is -0.278 e. The summed E-state index contributed by atoms with van der Waals surface area (Å²) in [6, 6.07) is 4.06. The van der Waals surface area contributed by atoms with Gasteiger partial charge in [0, 0.05) is 17.8 Å². The molecule has 2 aromatic heterocycles. The van der Waals surface area contributed by atoms with Gasteiger partial charge in [-0.05, 0) is 12.1 Å².